The average Bonchev–Trinajstić information content (AvgIpc) is 2.92. The number of hydrogen-bond donors (Lipinski definition) is 2. The molecular weight excluding hydrogens is 474 g/mol. The minimum absolute atomic E-state index is 0.0396. The first kappa shape index (κ1) is 24.5. The van der Waals surface area contributed by atoms with E-state index in [2.05, 4.69) is 21.4 Å². The SMILES string of the molecule is COc1cc(Nc2nccc(-c3ccc(OC4CCOCC4)c(C#N)c3)n2)ccc1C(=O)N1CC(O)C1. The Bertz CT molecular complexity index is 1330. The van der Waals surface area contributed by atoms with Gasteiger partial charge in [-0.15, -0.1) is 0 Å². The van der Waals surface area contributed by atoms with Gasteiger partial charge >= 0.3 is 0 Å². The Kier molecular flexibility index (Phi) is 7.16. The number of nitriles is 1. The first-order chi connectivity index (χ1) is 18.0. The zero-order valence-electron chi connectivity index (χ0n) is 20.4. The fraction of sp³-hybridized carbons (Fsp3) is 0.333. The fourth-order valence-corrected chi connectivity index (χ4v) is 4.30. The van der Waals surface area contributed by atoms with Crippen LogP contribution < -0.4 is 14.8 Å². The summed E-state index contributed by atoms with van der Waals surface area (Å²) in [4.78, 5) is 23.1. The number of anilines is 2. The van der Waals surface area contributed by atoms with Gasteiger partial charge in [-0.2, -0.15) is 5.26 Å². The Hall–Kier alpha value is -4.20. The molecule has 2 fully saturated rings. The van der Waals surface area contributed by atoms with Crippen LogP contribution in [0.3, 0.4) is 0 Å². The second-order valence-corrected chi connectivity index (χ2v) is 8.92. The molecule has 1 aromatic heterocycles. The van der Waals surface area contributed by atoms with Crippen molar-refractivity contribution in [1.29, 1.82) is 5.26 Å². The largest absolute Gasteiger partial charge is 0.496 e. The summed E-state index contributed by atoms with van der Waals surface area (Å²) in [6.07, 6.45) is 2.80. The van der Waals surface area contributed by atoms with Crippen LogP contribution in [-0.4, -0.2) is 71.5 Å². The Morgan fingerprint density at radius 3 is 2.70 bits per heavy atom. The van der Waals surface area contributed by atoms with Crippen molar-refractivity contribution in [3.8, 4) is 28.8 Å². The smallest absolute Gasteiger partial charge is 0.257 e. The van der Waals surface area contributed by atoms with Gasteiger partial charge in [-0.05, 0) is 36.4 Å². The molecular formula is C27H27N5O5. The number of benzene rings is 2. The molecule has 190 valence electrons. The van der Waals surface area contributed by atoms with Crippen molar-refractivity contribution in [2.45, 2.75) is 25.0 Å². The van der Waals surface area contributed by atoms with E-state index >= 15 is 0 Å². The Morgan fingerprint density at radius 1 is 1.16 bits per heavy atom. The van der Waals surface area contributed by atoms with Gasteiger partial charge in [0.1, 0.15) is 23.7 Å². The molecule has 0 unspecified atom stereocenters. The number of aliphatic hydroxyl groups excluding tert-OH is 1. The predicted octanol–water partition coefficient (Wildman–Crippen LogP) is 3.14. The summed E-state index contributed by atoms with van der Waals surface area (Å²) < 4.78 is 16.9. The maximum atomic E-state index is 12.7. The van der Waals surface area contributed by atoms with E-state index in [4.69, 9.17) is 14.2 Å². The van der Waals surface area contributed by atoms with Gasteiger partial charge in [0.15, 0.2) is 0 Å². The Labute approximate surface area is 214 Å². The first-order valence-electron chi connectivity index (χ1n) is 12.1. The Morgan fingerprint density at radius 2 is 1.97 bits per heavy atom. The highest BCUT2D eigenvalue weighted by molar-refractivity contribution is 5.98. The lowest BCUT2D eigenvalue weighted by molar-refractivity contribution is 0.00570. The number of aromatic nitrogens is 2. The number of likely N-dealkylation sites (tertiary alicyclic amines) is 1. The molecule has 3 aromatic rings. The zero-order valence-corrected chi connectivity index (χ0v) is 20.4. The van der Waals surface area contributed by atoms with E-state index in [1.165, 1.54) is 7.11 Å². The second-order valence-electron chi connectivity index (χ2n) is 8.92. The van der Waals surface area contributed by atoms with Crippen molar-refractivity contribution in [1.82, 2.24) is 14.9 Å². The van der Waals surface area contributed by atoms with Gasteiger partial charge in [-0.3, -0.25) is 4.79 Å². The maximum absolute atomic E-state index is 12.7. The Balaban J connectivity index is 1.32. The van der Waals surface area contributed by atoms with Gasteiger partial charge in [-0.1, -0.05) is 0 Å². The molecule has 0 atom stereocenters. The quantitative estimate of drug-likeness (QED) is 0.501. The monoisotopic (exact) mass is 501 g/mol. The molecule has 0 saturated carbocycles. The summed E-state index contributed by atoms with van der Waals surface area (Å²) in [7, 11) is 1.50. The topological polar surface area (TPSA) is 130 Å². The molecule has 2 N–H and O–H groups in total. The van der Waals surface area contributed by atoms with E-state index < -0.39 is 6.10 Å². The van der Waals surface area contributed by atoms with Crippen LogP contribution in [0.4, 0.5) is 11.6 Å². The summed E-state index contributed by atoms with van der Waals surface area (Å²) in [6.45, 7) is 1.96. The lowest BCUT2D eigenvalue weighted by Crippen LogP contribution is -2.53. The van der Waals surface area contributed by atoms with Gasteiger partial charge in [0.25, 0.3) is 5.91 Å². The summed E-state index contributed by atoms with van der Waals surface area (Å²) in [6, 6.07) is 14.6. The van der Waals surface area contributed by atoms with Gasteiger partial charge in [0.2, 0.25) is 5.95 Å². The molecule has 2 aliphatic heterocycles. The van der Waals surface area contributed by atoms with E-state index in [1.54, 1.807) is 47.5 Å². The number of rotatable bonds is 7. The minimum Gasteiger partial charge on any atom is -0.496 e. The van der Waals surface area contributed by atoms with Crippen LogP contribution in [-0.2, 0) is 4.74 Å². The normalized spacial score (nSPS) is 16.0. The zero-order chi connectivity index (χ0) is 25.8. The van der Waals surface area contributed by atoms with E-state index in [0.29, 0.717) is 66.3 Å². The van der Waals surface area contributed by atoms with Gasteiger partial charge in [-0.25, -0.2) is 9.97 Å². The van der Waals surface area contributed by atoms with E-state index in [9.17, 15) is 15.2 Å². The fourth-order valence-electron chi connectivity index (χ4n) is 4.30. The predicted molar refractivity (Wildman–Crippen MR) is 135 cm³/mol. The molecule has 0 radical (unpaired) electrons. The molecule has 3 heterocycles. The molecule has 37 heavy (non-hydrogen) atoms. The van der Waals surface area contributed by atoms with Crippen molar-refractivity contribution in [2.24, 2.45) is 0 Å². The number of methoxy groups -OCH3 is 1. The van der Waals surface area contributed by atoms with Crippen molar-refractivity contribution < 1.29 is 24.1 Å². The second kappa shape index (κ2) is 10.8. The van der Waals surface area contributed by atoms with Crippen LogP contribution in [0, 0.1) is 11.3 Å². The standard InChI is InChI=1S/C27H27N5O5/c1-35-25-13-19(3-4-22(25)26(34)32-15-20(33)16-32)30-27-29-9-6-23(31-27)17-2-5-24(18(12-17)14-28)37-21-7-10-36-11-8-21/h2-6,9,12-13,20-21,33H,7-8,10-11,15-16H2,1H3,(H,29,30,31). The molecule has 5 rings (SSSR count). The lowest BCUT2D eigenvalue weighted by Gasteiger charge is -2.36. The van der Waals surface area contributed by atoms with E-state index in [1.807, 2.05) is 6.07 Å². The van der Waals surface area contributed by atoms with Crippen molar-refractivity contribution in [3.63, 3.8) is 0 Å². The number of carbonyl (C=O) groups excluding carboxylic acids is 1. The average molecular weight is 502 g/mol. The lowest BCUT2D eigenvalue weighted by atomic mass is 10.1. The number of carbonyl (C=O) groups is 1. The highest BCUT2D eigenvalue weighted by Crippen LogP contribution is 2.30. The summed E-state index contributed by atoms with van der Waals surface area (Å²) in [5.41, 5.74) is 2.91. The molecule has 10 heteroatoms. The molecule has 2 saturated heterocycles. The number of amides is 1. The van der Waals surface area contributed by atoms with Crippen molar-refractivity contribution >= 4 is 17.5 Å². The molecule has 0 spiro atoms. The number of ether oxygens (including phenoxy) is 3. The van der Waals surface area contributed by atoms with Crippen LogP contribution in [0.5, 0.6) is 11.5 Å². The third-order valence-electron chi connectivity index (χ3n) is 6.35. The van der Waals surface area contributed by atoms with Crippen LogP contribution >= 0.6 is 0 Å². The first-order valence-corrected chi connectivity index (χ1v) is 12.1. The molecule has 2 aliphatic rings. The van der Waals surface area contributed by atoms with Crippen molar-refractivity contribution in [3.05, 3.63) is 59.8 Å². The number of nitrogens with zero attached hydrogens (tertiary/aromatic N) is 4. The van der Waals surface area contributed by atoms with Crippen LogP contribution in [0.1, 0.15) is 28.8 Å². The summed E-state index contributed by atoms with van der Waals surface area (Å²) >= 11 is 0. The number of β-amino-alcohol motifs (C(OH)–C–C–N with tert-alkyl or cyclic N) is 1. The molecule has 0 bridgehead atoms. The van der Waals surface area contributed by atoms with E-state index in [-0.39, 0.29) is 12.0 Å². The number of hydrogen-bond acceptors (Lipinski definition) is 9. The van der Waals surface area contributed by atoms with Crippen LogP contribution in [0.15, 0.2) is 48.7 Å². The highest BCUT2D eigenvalue weighted by Gasteiger charge is 2.31. The van der Waals surface area contributed by atoms with Gasteiger partial charge in [0, 0.05) is 49.4 Å². The van der Waals surface area contributed by atoms with Crippen LogP contribution in [0.25, 0.3) is 11.3 Å². The highest BCUT2D eigenvalue weighted by atomic mass is 16.5. The number of aliphatic hydroxyl groups is 1. The van der Waals surface area contributed by atoms with E-state index in [0.717, 1.165) is 18.4 Å². The van der Waals surface area contributed by atoms with Crippen LogP contribution in [0.2, 0.25) is 0 Å². The summed E-state index contributed by atoms with van der Waals surface area (Å²) in [5, 5.41) is 22.3. The molecule has 0 aliphatic carbocycles. The third-order valence-corrected chi connectivity index (χ3v) is 6.35. The van der Waals surface area contributed by atoms with Gasteiger partial charge < -0.3 is 29.5 Å². The third kappa shape index (κ3) is 5.48. The molecule has 2 aromatic carbocycles. The van der Waals surface area contributed by atoms with Gasteiger partial charge in [0.05, 0.1) is 43.2 Å². The minimum atomic E-state index is -0.472. The number of nitrogens with one attached hydrogen (secondary N) is 1. The molecule has 1 amide bonds. The molecule has 10 nitrogen and oxygen atoms in total. The van der Waals surface area contributed by atoms with Crippen molar-refractivity contribution in [2.75, 3.05) is 38.7 Å². The summed E-state index contributed by atoms with van der Waals surface area (Å²) in [5.74, 6) is 1.13. The maximum Gasteiger partial charge on any atom is 0.257 e.